The number of carbonyl (C=O) groups excluding carboxylic acids is 1. The fourth-order valence-electron chi connectivity index (χ4n) is 1.74. The fourth-order valence-corrected chi connectivity index (χ4v) is 1.96. The number of nitrogens with zero attached hydrogens (tertiary/aromatic N) is 3. The van der Waals surface area contributed by atoms with Gasteiger partial charge < -0.3 is 9.84 Å². The normalized spacial score (nSPS) is 10.9. The van der Waals surface area contributed by atoms with Crippen LogP contribution >= 0.6 is 11.6 Å². The van der Waals surface area contributed by atoms with Gasteiger partial charge in [0.1, 0.15) is 6.54 Å². The topological polar surface area (TPSA) is 88.7 Å². The minimum absolute atomic E-state index is 0.0792. The molecule has 0 saturated heterocycles. The third-order valence-electron chi connectivity index (χ3n) is 2.90. The molecule has 0 saturated carbocycles. The number of phenols is 1. The zero-order valence-corrected chi connectivity index (χ0v) is 12.8. The molecule has 1 amide bonds. The number of ether oxygens (including phenoxy) is 1. The molecule has 0 aliphatic heterocycles. The van der Waals surface area contributed by atoms with Crippen molar-refractivity contribution in [3.05, 3.63) is 40.7 Å². The van der Waals surface area contributed by atoms with Crippen molar-refractivity contribution >= 4 is 23.7 Å². The number of hydrogen-bond donors (Lipinski definition) is 2. The highest BCUT2D eigenvalue weighted by atomic mass is 35.5. The van der Waals surface area contributed by atoms with Crippen molar-refractivity contribution in [1.82, 2.24) is 15.2 Å². The first-order valence-corrected chi connectivity index (χ1v) is 6.76. The Kier molecular flexibility index (Phi) is 5.00. The van der Waals surface area contributed by atoms with E-state index in [2.05, 4.69) is 15.6 Å². The van der Waals surface area contributed by atoms with Gasteiger partial charge in [-0.15, -0.1) is 0 Å². The molecule has 0 atom stereocenters. The summed E-state index contributed by atoms with van der Waals surface area (Å²) in [6, 6.07) is 4.86. The monoisotopic (exact) mass is 322 g/mol. The van der Waals surface area contributed by atoms with Crippen LogP contribution in [-0.4, -0.2) is 34.1 Å². The molecule has 7 nitrogen and oxygen atoms in total. The molecule has 0 fully saturated rings. The molecule has 116 valence electrons. The molecule has 0 aliphatic rings. The van der Waals surface area contributed by atoms with Crippen molar-refractivity contribution in [2.45, 2.75) is 13.5 Å². The summed E-state index contributed by atoms with van der Waals surface area (Å²) in [5.74, 6) is -0.216. The molecule has 8 heteroatoms. The summed E-state index contributed by atoms with van der Waals surface area (Å²) in [6.45, 7) is 1.93. The van der Waals surface area contributed by atoms with Gasteiger partial charge in [0.25, 0.3) is 5.91 Å². The summed E-state index contributed by atoms with van der Waals surface area (Å²) in [5.41, 5.74) is 3.85. The van der Waals surface area contributed by atoms with Crippen molar-refractivity contribution < 1.29 is 14.6 Å². The maximum Gasteiger partial charge on any atom is 0.261 e. The summed E-state index contributed by atoms with van der Waals surface area (Å²) in [5, 5.41) is 17.6. The van der Waals surface area contributed by atoms with Crippen molar-refractivity contribution in [3.8, 4) is 11.5 Å². The lowest BCUT2D eigenvalue weighted by Gasteiger charge is -2.06. The highest BCUT2D eigenvalue weighted by Crippen LogP contribution is 2.34. The number of hydrogen-bond acceptors (Lipinski definition) is 5. The Hall–Kier alpha value is -2.54. The van der Waals surface area contributed by atoms with Crippen LogP contribution in [0.4, 0.5) is 0 Å². The summed E-state index contributed by atoms with van der Waals surface area (Å²) in [6.07, 6.45) is 3.03. The second-order valence-electron chi connectivity index (χ2n) is 4.48. The van der Waals surface area contributed by atoms with Gasteiger partial charge in [-0.2, -0.15) is 10.2 Å². The van der Waals surface area contributed by atoms with E-state index in [0.29, 0.717) is 5.56 Å². The smallest absolute Gasteiger partial charge is 0.261 e. The molecule has 2 rings (SSSR count). The van der Waals surface area contributed by atoms with E-state index in [4.69, 9.17) is 16.3 Å². The Bertz CT molecular complexity index is 712. The Morgan fingerprint density at radius 2 is 2.36 bits per heavy atom. The SMILES string of the molecule is COc1cc(/C=N/NC(=O)Cn2nccc2C)cc(Cl)c1O. The van der Waals surface area contributed by atoms with E-state index in [1.165, 1.54) is 19.4 Å². The number of amides is 1. The van der Waals surface area contributed by atoms with Gasteiger partial charge in [0.15, 0.2) is 11.5 Å². The van der Waals surface area contributed by atoms with Crippen LogP contribution in [0.25, 0.3) is 0 Å². The molecule has 0 bridgehead atoms. The predicted molar refractivity (Wildman–Crippen MR) is 82.4 cm³/mol. The van der Waals surface area contributed by atoms with E-state index in [0.717, 1.165) is 5.69 Å². The molecule has 1 aromatic heterocycles. The van der Waals surface area contributed by atoms with E-state index in [-0.39, 0.29) is 29.0 Å². The number of rotatable bonds is 5. The molecule has 0 aliphatic carbocycles. The van der Waals surface area contributed by atoms with Crippen molar-refractivity contribution in [1.29, 1.82) is 0 Å². The highest BCUT2D eigenvalue weighted by molar-refractivity contribution is 6.32. The molecule has 0 spiro atoms. The molecule has 1 aromatic carbocycles. The molecule has 2 aromatic rings. The van der Waals surface area contributed by atoms with Crippen LogP contribution in [0.5, 0.6) is 11.5 Å². The summed E-state index contributed by atoms with van der Waals surface area (Å²) in [7, 11) is 1.42. The standard InChI is InChI=1S/C14H15ClN4O3/c1-9-3-4-17-19(9)8-13(20)18-16-7-10-5-11(15)14(21)12(6-10)22-2/h3-7,21H,8H2,1-2H3,(H,18,20)/b16-7+. The number of nitrogens with one attached hydrogen (secondary N) is 1. The first-order chi connectivity index (χ1) is 10.5. The third kappa shape index (κ3) is 3.76. The number of aromatic hydroxyl groups is 1. The Morgan fingerprint density at radius 1 is 1.59 bits per heavy atom. The zero-order chi connectivity index (χ0) is 16.1. The van der Waals surface area contributed by atoms with E-state index < -0.39 is 0 Å². The van der Waals surface area contributed by atoms with E-state index >= 15 is 0 Å². The first-order valence-electron chi connectivity index (χ1n) is 6.38. The molecule has 22 heavy (non-hydrogen) atoms. The minimum Gasteiger partial charge on any atom is -0.503 e. The summed E-state index contributed by atoms with van der Waals surface area (Å²) < 4.78 is 6.54. The molecular weight excluding hydrogens is 308 g/mol. The first kappa shape index (κ1) is 15.8. The number of carbonyl (C=O) groups is 1. The lowest BCUT2D eigenvalue weighted by molar-refractivity contribution is -0.121. The predicted octanol–water partition coefficient (Wildman–Crippen LogP) is 1.71. The number of hydrazone groups is 1. The van der Waals surface area contributed by atoms with Gasteiger partial charge in [-0.05, 0) is 30.7 Å². The average molecular weight is 323 g/mol. The van der Waals surface area contributed by atoms with Crippen LogP contribution in [0, 0.1) is 6.92 Å². The lowest BCUT2D eigenvalue weighted by Crippen LogP contribution is -2.24. The van der Waals surface area contributed by atoms with Gasteiger partial charge in [-0.3, -0.25) is 9.48 Å². The van der Waals surface area contributed by atoms with Gasteiger partial charge in [0, 0.05) is 11.9 Å². The van der Waals surface area contributed by atoms with Crippen LogP contribution in [0.1, 0.15) is 11.3 Å². The van der Waals surface area contributed by atoms with Crippen LogP contribution in [0.2, 0.25) is 5.02 Å². The summed E-state index contributed by atoms with van der Waals surface area (Å²) >= 11 is 5.86. The molecular formula is C14H15ClN4O3. The number of benzene rings is 1. The van der Waals surface area contributed by atoms with Crippen molar-refractivity contribution in [2.75, 3.05) is 7.11 Å². The van der Waals surface area contributed by atoms with Crippen LogP contribution in [0.3, 0.4) is 0 Å². The fraction of sp³-hybridized carbons (Fsp3) is 0.214. The van der Waals surface area contributed by atoms with E-state index in [9.17, 15) is 9.90 Å². The second kappa shape index (κ2) is 6.95. The third-order valence-corrected chi connectivity index (χ3v) is 3.18. The van der Waals surface area contributed by atoms with Gasteiger partial charge in [0.2, 0.25) is 0 Å². The van der Waals surface area contributed by atoms with Gasteiger partial charge >= 0.3 is 0 Å². The minimum atomic E-state index is -0.306. The molecule has 1 heterocycles. The number of aryl methyl sites for hydroxylation is 1. The maximum absolute atomic E-state index is 11.7. The Balaban J connectivity index is 1.99. The van der Waals surface area contributed by atoms with E-state index in [1.54, 1.807) is 23.0 Å². The number of halogens is 1. The number of methoxy groups -OCH3 is 1. The van der Waals surface area contributed by atoms with Gasteiger partial charge in [-0.1, -0.05) is 11.6 Å². The molecule has 2 N–H and O–H groups in total. The summed E-state index contributed by atoms with van der Waals surface area (Å²) in [4.78, 5) is 11.7. The second-order valence-corrected chi connectivity index (χ2v) is 4.88. The van der Waals surface area contributed by atoms with E-state index in [1.807, 2.05) is 6.92 Å². The average Bonchev–Trinajstić information content (AvgIpc) is 2.87. The highest BCUT2D eigenvalue weighted by Gasteiger charge is 2.08. The van der Waals surface area contributed by atoms with Crippen molar-refractivity contribution in [3.63, 3.8) is 0 Å². The van der Waals surface area contributed by atoms with Crippen LogP contribution in [0.15, 0.2) is 29.5 Å². The lowest BCUT2D eigenvalue weighted by atomic mass is 10.2. The van der Waals surface area contributed by atoms with Gasteiger partial charge in [-0.25, -0.2) is 5.43 Å². The van der Waals surface area contributed by atoms with Crippen LogP contribution in [-0.2, 0) is 11.3 Å². The zero-order valence-electron chi connectivity index (χ0n) is 12.1. The number of phenolic OH excluding ortho intramolecular Hbond substituents is 1. The quantitative estimate of drug-likeness (QED) is 0.648. The number of aromatic nitrogens is 2. The largest absolute Gasteiger partial charge is 0.503 e. The Labute approximate surface area is 132 Å². The van der Waals surface area contributed by atoms with Crippen LogP contribution < -0.4 is 10.2 Å². The molecule has 0 radical (unpaired) electrons. The Morgan fingerprint density at radius 3 is 3.00 bits per heavy atom. The van der Waals surface area contributed by atoms with Crippen molar-refractivity contribution in [2.24, 2.45) is 5.10 Å². The van der Waals surface area contributed by atoms with Gasteiger partial charge in [0.05, 0.1) is 18.3 Å². The maximum atomic E-state index is 11.7. The molecule has 0 unspecified atom stereocenters.